The van der Waals surface area contributed by atoms with Gasteiger partial charge in [0, 0.05) is 23.5 Å². The molecule has 0 saturated heterocycles. The van der Waals surface area contributed by atoms with Crippen LogP contribution in [0.1, 0.15) is 44.6 Å². The minimum absolute atomic E-state index is 0.190. The number of aromatic nitrogens is 1. The summed E-state index contributed by atoms with van der Waals surface area (Å²) < 4.78 is 7.31. The highest BCUT2D eigenvalue weighted by atomic mass is 16.5. The molecule has 31 heavy (non-hydrogen) atoms. The second-order valence-electron chi connectivity index (χ2n) is 7.28. The zero-order valence-corrected chi connectivity index (χ0v) is 18.0. The molecule has 0 saturated carbocycles. The van der Waals surface area contributed by atoms with E-state index < -0.39 is 5.97 Å². The lowest BCUT2D eigenvalue weighted by molar-refractivity contribution is -0.115. The van der Waals surface area contributed by atoms with Crippen LogP contribution in [-0.2, 0) is 22.5 Å². The number of amides is 1. The van der Waals surface area contributed by atoms with Crippen molar-refractivity contribution in [3.05, 3.63) is 88.7 Å². The van der Waals surface area contributed by atoms with Crippen LogP contribution >= 0.6 is 0 Å². The number of anilines is 1. The van der Waals surface area contributed by atoms with Crippen molar-refractivity contribution < 1.29 is 19.1 Å². The molecule has 3 rings (SSSR count). The van der Waals surface area contributed by atoms with Crippen LogP contribution in [0.3, 0.4) is 0 Å². The van der Waals surface area contributed by atoms with Gasteiger partial charge >= 0.3 is 5.97 Å². The highest BCUT2D eigenvalue weighted by Gasteiger charge is 2.19. The smallest absolute Gasteiger partial charge is 0.340 e. The minimum atomic E-state index is -0.659. The van der Waals surface area contributed by atoms with E-state index in [1.165, 1.54) is 0 Å². The highest BCUT2D eigenvalue weighted by Crippen LogP contribution is 2.19. The molecule has 160 valence electrons. The van der Waals surface area contributed by atoms with E-state index in [1.807, 2.05) is 61.7 Å². The lowest BCUT2D eigenvalue weighted by atomic mass is 10.1. The van der Waals surface area contributed by atoms with Gasteiger partial charge in [-0.05, 0) is 44.5 Å². The maximum absolute atomic E-state index is 12.6. The number of ketones is 1. The van der Waals surface area contributed by atoms with Gasteiger partial charge < -0.3 is 14.6 Å². The van der Waals surface area contributed by atoms with Crippen molar-refractivity contribution in [2.45, 2.75) is 33.7 Å². The fourth-order valence-electron chi connectivity index (χ4n) is 3.60. The number of Topliss-reactive ketones (excluding diaryl/α,β-unsaturated/α-hetero) is 1. The third-order valence-electron chi connectivity index (χ3n) is 5.15. The van der Waals surface area contributed by atoms with Crippen LogP contribution < -0.4 is 5.32 Å². The number of esters is 1. The first-order valence-corrected chi connectivity index (χ1v) is 10.2. The largest absolute Gasteiger partial charge is 0.454 e. The Bertz CT molecular complexity index is 1100. The SMILES string of the molecule is CCn1c(C)cc(C(=O)COC(=O)c2ccccc2NC(=O)Cc2ccccc2)c1C. The number of carbonyl (C=O) groups is 3. The van der Waals surface area contributed by atoms with Gasteiger partial charge in [-0.25, -0.2) is 4.79 Å². The maximum atomic E-state index is 12.6. The average Bonchev–Trinajstić information content (AvgIpc) is 3.06. The number of carbonyl (C=O) groups excluding carboxylic acids is 3. The third kappa shape index (κ3) is 5.28. The van der Waals surface area contributed by atoms with E-state index in [4.69, 9.17) is 4.74 Å². The molecule has 1 N–H and O–H groups in total. The summed E-state index contributed by atoms with van der Waals surface area (Å²) in [6.45, 7) is 6.23. The zero-order valence-electron chi connectivity index (χ0n) is 18.0. The molecule has 2 aromatic carbocycles. The van der Waals surface area contributed by atoms with Gasteiger partial charge in [0.2, 0.25) is 11.7 Å². The molecule has 3 aromatic rings. The molecule has 0 fully saturated rings. The van der Waals surface area contributed by atoms with Crippen LogP contribution in [0.25, 0.3) is 0 Å². The molecule has 1 aromatic heterocycles. The number of para-hydroxylation sites is 1. The zero-order chi connectivity index (χ0) is 22.4. The second-order valence-corrected chi connectivity index (χ2v) is 7.28. The normalized spacial score (nSPS) is 10.5. The third-order valence-corrected chi connectivity index (χ3v) is 5.15. The molecular formula is C25H26N2O4. The van der Waals surface area contributed by atoms with Crippen molar-refractivity contribution in [3.63, 3.8) is 0 Å². The van der Waals surface area contributed by atoms with Crippen molar-refractivity contribution in [2.75, 3.05) is 11.9 Å². The van der Waals surface area contributed by atoms with Gasteiger partial charge in [-0.3, -0.25) is 9.59 Å². The minimum Gasteiger partial charge on any atom is -0.454 e. The Morgan fingerprint density at radius 1 is 0.935 bits per heavy atom. The standard InChI is InChI=1S/C25H26N2O4/c1-4-27-17(2)14-21(18(27)3)23(28)16-31-25(30)20-12-8-9-13-22(20)26-24(29)15-19-10-6-5-7-11-19/h5-14H,4,15-16H2,1-3H3,(H,26,29). The molecule has 0 unspecified atom stereocenters. The number of hydrogen-bond donors (Lipinski definition) is 1. The predicted molar refractivity (Wildman–Crippen MR) is 119 cm³/mol. The van der Waals surface area contributed by atoms with E-state index in [0.717, 1.165) is 23.5 Å². The number of benzene rings is 2. The van der Waals surface area contributed by atoms with Crippen molar-refractivity contribution in [2.24, 2.45) is 0 Å². The Balaban J connectivity index is 1.66. The molecule has 0 bridgehead atoms. The quantitative estimate of drug-likeness (QED) is 0.436. The fourth-order valence-corrected chi connectivity index (χ4v) is 3.60. The topological polar surface area (TPSA) is 77.4 Å². The summed E-state index contributed by atoms with van der Waals surface area (Å²) in [7, 11) is 0. The molecule has 6 nitrogen and oxygen atoms in total. The fraction of sp³-hybridized carbons (Fsp3) is 0.240. The van der Waals surface area contributed by atoms with Crippen LogP contribution in [0, 0.1) is 13.8 Å². The molecule has 6 heteroatoms. The van der Waals surface area contributed by atoms with Crippen LogP contribution in [0.5, 0.6) is 0 Å². The van der Waals surface area contributed by atoms with Gasteiger partial charge in [0.1, 0.15) is 0 Å². The number of rotatable bonds is 8. The molecule has 0 aliphatic heterocycles. The summed E-state index contributed by atoms with van der Waals surface area (Å²) >= 11 is 0. The lowest BCUT2D eigenvalue weighted by Crippen LogP contribution is -2.19. The lowest BCUT2D eigenvalue weighted by Gasteiger charge is -2.11. The van der Waals surface area contributed by atoms with E-state index in [9.17, 15) is 14.4 Å². The van der Waals surface area contributed by atoms with Gasteiger partial charge in [0.25, 0.3) is 0 Å². The number of nitrogens with one attached hydrogen (secondary N) is 1. The molecule has 0 aliphatic rings. The van der Waals surface area contributed by atoms with Crippen LogP contribution in [-0.4, -0.2) is 28.8 Å². The van der Waals surface area contributed by atoms with Gasteiger partial charge in [0.15, 0.2) is 6.61 Å². The summed E-state index contributed by atoms with van der Waals surface area (Å²) in [4.78, 5) is 37.6. The molecule has 0 atom stereocenters. The Kier molecular flexibility index (Phi) is 7.03. The summed E-state index contributed by atoms with van der Waals surface area (Å²) in [5, 5.41) is 2.76. The van der Waals surface area contributed by atoms with Crippen LogP contribution in [0.4, 0.5) is 5.69 Å². The van der Waals surface area contributed by atoms with Gasteiger partial charge in [0.05, 0.1) is 17.7 Å². The van der Waals surface area contributed by atoms with Crippen molar-refractivity contribution in [3.8, 4) is 0 Å². The van der Waals surface area contributed by atoms with Crippen LogP contribution in [0.2, 0.25) is 0 Å². The monoisotopic (exact) mass is 418 g/mol. The Morgan fingerprint density at radius 3 is 2.29 bits per heavy atom. The maximum Gasteiger partial charge on any atom is 0.340 e. The molecular weight excluding hydrogens is 392 g/mol. The van der Waals surface area contributed by atoms with Crippen molar-refractivity contribution >= 4 is 23.3 Å². The first-order chi connectivity index (χ1) is 14.9. The molecule has 1 amide bonds. The first kappa shape index (κ1) is 22.0. The van der Waals surface area contributed by atoms with E-state index >= 15 is 0 Å². The molecule has 0 radical (unpaired) electrons. The van der Waals surface area contributed by atoms with Gasteiger partial charge in [-0.1, -0.05) is 42.5 Å². The van der Waals surface area contributed by atoms with E-state index in [1.54, 1.807) is 24.3 Å². The van der Waals surface area contributed by atoms with Gasteiger partial charge in [-0.15, -0.1) is 0 Å². The van der Waals surface area contributed by atoms with E-state index in [-0.39, 0.29) is 30.3 Å². The Morgan fingerprint density at radius 2 is 1.61 bits per heavy atom. The summed E-state index contributed by atoms with van der Waals surface area (Å²) in [6.07, 6.45) is 0.190. The van der Waals surface area contributed by atoms with Gasteiger partial charge in [-0.2, -0.15) is 0 Å². The van der Waals surface area contributed by atoms with Crippen LogP contribution in [0.15, 0.2) is 60.7 Å². The number of hydrogen-bond acceptors (Lipinski definition) is 4. The van der Waals surface area contributed by atoms with E-state index in [2.05, 4.69) is 5.32 Å². The Labute approximate surface area is 181 Å². The second kappa shape index (κ2) is 9.89. The number of aryl methyl sites for hydroxylation is 1. The first-order valence-electron chi connectivity index (χ1n) is 10.2. The molecule has 1 heterocycles. The predicted octanol–water partition coefficient (Wildman–Crippen LogP) is 4.35. The summed E-state index contributed by atoms with van der Waals surface area (Å²) in [6, 6.07) is 17.7. The van der Waals surface area contributed by atoms with Crippen molar-refractivity contribution in [1.82, 2.24) is 4.57 Å². The summed E-state index contributed by atoms with van der Waals surface area (Å²) in [5.41, 5.74) is 3.82. The average molecular weight is 418 g/mol. The molecule has 0 spiro atoms. The number of ether oxygens (including phenoxy) is 1. The molecule has 0 aliphatic carbocycles. The summed E-state index contributed by atoms with van der Waals surface area (Å²) in [5.74, 6) is -1.16. The highest BCUT2D eigenvalue weighted by molar-refractivity contribution is 6.04. The Hall–Kier alpha value is -3.67. The number of nitrogens with zero attached hydrogens (tertiary/aromatic N) is 1. The van der Waals surface area contributed by atoms with Crippen molar-refractivity contribution in [1.29, 1.82) is 0 Å². The van der Waals surface area contributed by atoms with E-state index in [0.29, 0.717) is 11.3 Å².